The number of hydrogen-bond acceptors (Lipinski definition) is 4. The number of nitrogens with one attached hydrogen (secondary N) is 2. The zero-order chi connectivity index (χ0) is 13.8. The van der Waals surface area contributed by atoms with E-state index < -0.39 is 4.92 Å². The van der Waals surface area contributed by atoms with Gasteiger partial charge < -0.3 is 10.6 Å². The molecule has 6 nitrogen and oxygen atoms in total. The van der Waals surface area contributed by atoms with Crippen molar-refractivity contribution in [3.8, 4) is 0 Å². The van der Waals surface area contributed by atoms with Crippen LogP contribution in [0.15, 0.2) is 24.3 Å². The number of halogens is 1. The van der Waals surface area contributed by atoms with Crippen molar-refractivity contribution in [1.82, 2.24) is 10.6 Å². The molecular formula is C13H18ClN3O3. The number of rotatable bonds is 3. The van der Waals surface area contributed by atoms with Gasteiger partial charge in [-0.1, -0.05) is 0 Å². The maximum atomic E-state index is 12.0. The number of benzene rings is 1. The van der Waals surface area contributed by atoms with Crippen LogP contribution in [0.4, 0.5) is 5.69 Å². The fourth-order valence-corrected chi connectivity index (χ4v) is 2.27. The summed E-state index contributed by atoms with van der Waals surface area (Å²) in [5.74, 6) is -0.172. The smallest absolute Gasteiger partial charge is 0.269 e. The Balaban J connectivity index is 0.00000200. The molecule has 110 valence electrons. The van der Waals surface area contributed by atoms with Gasteiger partial charge in [-0.05, 0) is 38.4 Å². The van der Waals surface area contributed by atoms with E-state index in [2.05, 4.69) is 17.6 Å². The van der Waals surface area contributed by atoms with Crippen LogP contribution in [0, 0.1) is 10.1 Å². The Bertz CT molecular complexity index is 478. The summed E-state index contributed by atoms with van der Waals surface area (Å²) in [6.45, 7) is 2.98. The van der Waals surface area contributed by atoms with Crippen LogP contribution in [-0.2, 0) is 0 Å². The Morgan fingerprint density at radius 3 is 2.60 bits per heavy atom. The lowest BCUT2D eigenvalue weighted by Crippen LogP contribution is -2.46. The molecule has 1 aromatic carbocycles. The molecule has 20 heavy (non-hydrogen) atoms. The topological polar surface area (TPSA) is 84.3 Å². The van der Waals surface area contributed by atoms with Crippen LogP contribution in [0.3, 0.4) is 0 Å². The van der Waals surface area contributed by atoms with Crippen molar-refractivity contribution in [3.05, 3.63) is 39.9 Å². The summed E-state index contributed by atoms with van der Waals surface area (Å²) in [5.41, 5.74) is 0.448. The summed E-state index contributed by atoms with van der Waals surface area (Å²) >= 11 is 0. The van der Waals surface area contributed by atoms with E-state index in [1.54, 1.807) is 0 Å². The standard InChI is InChI=1S/C13H17N3O3.ClH/c1-9-8-11(6-7-14-9)15-13(17)10-2-4-12(5-3-10)16(18)19;/h2-5,9,11,14H,6-8H2,1H3,(H,15,17);1H. The number of nitro benzene ring substituents is 1. The summed E-state index contributed by atoms with van der Waals surface area (Å²) < 4.78 is 0. The fraction of sp³-hybridized carbons (Fsp3) is 0.462. The molecule has 1 fully saturated rings. The number of carbonyl (C=O) groups is 1. The molecule has 0 radical (unpaired) electrons. The number of carbonyl (C=O) groups excluding carboxylic acids is 1. The minimum Gasteiger partial charge on any atom is -0.349 e. The molecule has 1 heterocycles. The molecule has 1 aromatic rings. The van der Waals surface area contributed by atoms with Crippen LogP contribution in [0.2, 0.25) is 0 Å². The van der Waals surface area contributed by atoms with Crippen LogP contribution >= 0.6 is 12.4 Å². The third-order valence-electron chi connectivity index (χ3n) is 3.30. The lowest BCUT2D eigenvalue weighted by Gasteiger charge is -2.28. The highest BCUT2D eigenvalue weighted by Gasteiger charge is 2.20. The quantitative estimate of drug-likeness (QED) is 0.659. The molecule has 1 aliphatic heterocycles. The number of amides is 1. The monoisotopic (exact) mass is 299 g/mol. The summed E-state index contributed by atoms with van der Waals surface area (Å²) in [7, 11) is 0. The average Bonchev–Trinajstić information content (AvgIpc) is 2.39. The first-order valence-electron chi connectivity index (χ1n) is 6.35. The lowest BCUT2D eigenvalue weighted by molar-refractivity contribution is -0.384. The predicted octanol–water partition coefficient (Wildman–Crippen LogP) is 1.89. The van der Waals surface area contributed by atoms with E-state index in [0.717, 1.165) is 19.4 Å². The summed E-state index contributed by atoms with van der Waals surface area (Å²) in [5, 5.41) is 16.8. The molecule has 0 aliphatic carbocycles. The lowest BCUT2D eigenvalue weighted by atomic mass is 10.0. The number of nitrogens with zero attached hydrogens (tertiary/aromatic N) is 1. The maximum absolute atomic E-state index is 12.0. The second kappa shape index (κ2) is 7.21. The first-order chi connectivity index (χ1) is 9.06. The fourth-order valence-electron chi connectivity index (χ4n) is 2.27. The highest BCUT2D eigenvalue weighted by molar-refractivity contribution is 5.94. The van der Waals surface area contributed by atoms with Gasteiger partial charge in [0.05, 0.1) is 4.92 Å². The van der Waals surface area contributed by atoms with Crippen molar-refractivity contribution in [3.63, 3.8) is 0 Å². The number of piperidine rings is 1. The van der Waals surface area contributed by atoms with Crippen LogP contribution < -0.4 is 10.6 Å². The van der Waals surface area contributed by atoms with Gasteiger partial charge in [-0.3, -0.25) is 14.9 Å². The molecule has 2 unspecified atom stereocenters. The maximum Gasteiger partial charge on any atom is 0.269 e. The number of non-ortho nitro benzene ring substituents is 1. The van der Waals surface area contributed by atoms with Crippen molar-refractivity contribution < 1.29 is 9.72 Å². The van der Waals surface area contributed by atoms with Gasteiger partial charge in [0, 0.05) is 29.8 Å². The second-order valence-corrected chi connectivity index (χ2v) is 4.85. The zero-order valence-corrected chi connectivity index (χ0v) is 12.0. The van der Waals surface area contributed by atoms with E-state index in [4.69, 9.17) is 0 Å². The normalized spacial score (nSPS) is 21.6. The molecular weight excluding hydrogens is 282 g/mol. The third kappa shape index (κ3) is 4.18. The summed E-state index contributed by atoms with van der Waals surface area (Å²) in [6, 6.07) is 6.23. The molecule has 0 spiro atoms. The van der Waals surface area contributed by atoms with Crippen LogP contribution in [0.1, 0.15) is 30.1 Å². The molecule has 0 bridgehead atoms. The van der Waals surface area contributed by atoms with E-state index >= 15 is 0 Å². The van der Waals surface area contributed by atoms with Crippen LogP contribution in [0.5, 0.6) is 0 Å². The van der Waals surface area contributed by atoms with Gasteiger partial charge in [0.15, 0.2) is 0 Å². The first-order valence-corrected chi connectivity index (χ1v) is 6.35. The Kier molecular flexibility index (Phi) is 5.91. The van der Waals surface area contributed by atoms with Gasteiger partial charge in [-0.2, -0.15) is 0 Å². The Hall–Kier alpha value is -1.66. The molecule has 2 atom stereocenters. The molecule has 1 amide bonds. The van der Waals surface area contributed by atoms with Crippen molar-refractivity contribution in [1.29, 1.82) is 0 Å². The summed E-state index contributed by atoms with van der Waals surface area (Å²) in [4.78, 5) is 22.1. The highest BCUT2D eigenvalue weighted by atomic mass is 35.5. The van der Waals surface area contributed by atoms with E-state index in [9.17, 15) is 14.9 Å². The van der Waals surface area contributed by atoms with Crippen molar-refractivity contribution in [2.24, 2.45) is 0 Å². The van der Waals surface area contributed by atoms with E-state index in [-0.39, 0.29) is 30.0 Å². The number of hydrogen-bond donors (Lipinski definition) is 2. The van der Waals surface area contributed by atoms with Crippen molar-refractivity contribution >= 4 is 24.0 Å². The minimum absolute atomic E-state index is 0. The zero-order valence-electron chi connectivity index (χ0n) is 11.2. The van der Waals surface area contributed by atoms with E-state index in [1.165, 1.54) is 24.3 Å². The Morgan fingerprint density at radius 1 is 1.40 bits per heavy atom. The highest BCUT2D eigenvalue weighted by Crippen LogP contribution is 2.13. The third-order valence-corrected chi connectivity index (χ3v) is 3.30. The molecule has 0 aromatic heterocycles. The van der Waals surface area contributed by atoms with Crippen LogP contribution in [-0.4, -0.2) is 29.5 Å². The number of nitro groups is 1. The molecule has 1 aliphatic rings. The molecule has 1 saturated heterocycles. The average molecular weight is 300 g/mol. The molecule has 0 saturated carbocycles. The van der Waals surface area contributed by atoms with Gasteiger partial charge in [0.25, 0.3) is 11.6 Å². The molecule has 7 heteroatoms. The van der Waals surface area contributed by atoms with Crippen LogP contribution in [0.25, 0.3) is 0 Å². The van der Waals surface area contributed by atoms with Gasteiger partial charge in [0.1, 0.15) is 0 Å². The van der Waals surface area contributed by atoms with Gasteiger partial charge in [-0.15, -0.1) is 12.4 Å². The van der Waals surface area contributed by atoms with Crippen molar-refractivity contribution in [2.45, 2.75) is 31.8 Å². The molecule has 2 rings (SSSR count). The minimum atomic E-state index is -0.476. The summed E-state index contributed by atoms with van der Waals surface area (Å²) in [6.07, 6.45) is 1.81. The second-order valence-electron chi connectivity index (χ2n) is 4.85. The Labute approximate surface area is 123 Å². The first kappa shape index (κ1) is 16.4. The predicted molar refractivity (Wildman–Crippen MR) is 78.3 cm³/mol. The van der Waals surface area contributed by atoms with Gasteiger partial charge >= 0.3 is 0 Å². The largest absolute Gasteiger partial charge is 0.349 e. The van der Waals surface area contributed by atoms with Gasteiger partial charge in [-0.25, -0.2) is 0 Å². The molecule has 2 N–H and O–H groups in total. The SMILES string of the molecule is CC1CC(NC(=O)c2ccc([N+](=O)[O-])cc2)CCN1.Cl. The van der Waals surface area contributed by atoms with E-state index in [0.29, 0.717) is 11.6 Å². The Morgan fingerprint density at radius 2 is 2.05 bits per heavy atom. The van der Waals surface area contributed by atoms with E-state index in [1.807, 2.05) is 0 Å². The van der Waals surface area contributed by atoms with Gasteiger partial charge in [0.2, 0.25) is 0 Å². The van der Waals surface area contributed by atoms with Crippen molar-refractivity contribution in [2.75, 3.05) is 6.54 Å².